The van der Waals surface area contributed by atoms with Crippen molar-refractivity contribution in [1.82, 2.24) is 4.90 Å². The largest absolute Gasteiger partial charge is 0.493 e. The van der Waals surface area contributed by atoms with Gasteiger partial charge in [-0.2, -0.15) is 0 Å². The molecule has 2 aliphatic heterocycles. The number of carboxylic acids is 1. The molecule has 0 radical (unpaired) electrons. The Morgan fingerprint density at radius 2 is 1.83 bits per heavy atom. The van der Waals surface area contributed by atoms with Crippen molar-refractivity contribution >= 4 is 5.97 Å². The Labute approximate surface area is 211 Å². The molecule has 6 nitrogen and oxygen atoms in total. The lowest BCUT2D eigenvalue weighted by atomic mass is 9.69. The number of aliphatic carboxylic acids is 1. The average molecular weight is 488 g/mol. The number of rotatable bonds is 11. The molecular weight excluding hydrogens is 442 g/mol. The van der Waals surface area contributed by atoms with Crippen molar-refractivity contribution in [2.24, 2.45) is 0 Å². The van der Waals surface area contributed by atoms with Gasteiger partial charge in [-0.3, -0.25) is 4.79 Å². The molecular formula is C29H45NO5. The highest BCUT2D eigenvalue weighted by atomic mass is 16.5. The van der Waals surface area contributed by atoms with E-state index in [2.05, 4.69) is 31.0 Å². The van der Waals surface area contributed by atoms with E-state index in [-0.39, 0.29) is 11.5 Å². The molecule has 0 amide bonds. The minimum atomic E-state index is -0.659. The number of aliphatic hydroxyl groups is 1. The van der Waals surface area contributed by atoms with Crippen LogP contribution in [0, 0.1) is 0 Å². The summed E-state index contributed by atoms with van der Waals surface area (Å²) >= 11 is 0. The number of nitrogens with zero attached hydrogens (tertiary/aromatic N) is 1. The van der Waals surface area contributed by atoms with Crippen LogP contribution in [0.5, 0.6) is 11.5 Å². The number of ether oxygens (including phenoxy) is 2. The summed E-state index contributed by atoms with van der Waals surface area (Å²) in [6, 6.07) is 4.16. The lowest BCUT2D eigenvalue weighted by molar-refractivity contribution is -0.137. The second-order valence-electron chi connectivity index (χ2n) is 10.4. The molecule has 35 heavy (non-hydrogen) atoms. The fourth-order valence-electron chi connectivity index (χ4n) is 5.66. The molecule has 0 unspecified atom stereocenters. The Morgan fingerprint density at radius 1 is 1.14 bits per heavy atom. The maximum absolute atomic E-state index is 10.2. The number of carboxylic acid groups (broad SMARTS) is 1. The van der Waals surface area contributed by atoms with Crippen LogP contribution in [0.2, 0.25) is 0 Å². The van der Waals surface area contributed by atoms with Crippen LogP contribution in [0.3, 0.4) is 0 Å². The van der Waals surface area contributed by atoms with E-state index < -0.39 is 12.1 Å². The number of aliphatic hydroxyl groups excluding tert-OH is 1. The second-order valence-corrected chi connectivity index (χ2v) is 10.4. The molecule has 1 aromatic rings. The average Bonchev–Trinajstić information content (AvgIpc) is 3.09. The van der Waals surface area contributed by atoms with Gasteiger partial charge in [-0.25, -0.2) is 0 Å². The van der Waals surface area contributed by atoms with E-state index in [9.17, 15) is 9.90 Å². The van der Waals surface area contributed by atoms with Crippen LogP contribution in [-0.2, 0) is 16.8 Å². The Balaban J connectivity index is 0.000000216. The van der Waals surface area contributed by atoms with Gasteiger partial charge in [0.1, 0.15) is 6.10 Å². The lowest BCUT2D eigenvalue weighted by Gasteiger charge is -2.35. The number of unbranched alkanes of at least 4 members (excludes halogenated alkanes) is 8. The monoisotopic (exact) mass is 487 g/mol. The Morgan fingerprint density at radius 3 is 2.49 bits per heavy atom. The first-order chi connectivity index (χ1) is 16.9. The smallest absolute Gasteiger partial charge is 0.303 e. The van der Waals surface area contributed by atoms with E-state index in [1.807, 2.05) is 12.1 Å². The summed E-state index contributed by atoms with van der Waals surface area (Å²) in [4.78, 5) is 12.6. The van der Waals surface area contributed by atoms with E-state index in [1.54, 1.807) is 7.11 Å². The van der Waals surface area contributed by atoms with Gasteiger partial charge in [0, 0.05) is 24.9 Å². The van der Waals surface area contributed by atoms with E-state index in [1.165, 1.54) is 56.1 Å². The van der Waals surface area contributed by atoms with Crippen LogP contribution in [-0.4, -0.2) is 54.0 Å². The van der Waals surface area contributed by atoms with Crippen LogP contribution in [0.1, 0.15) is 95.1 Å². The van der Waals surface area contributed by atoms with Gasteiger partial charge >= 0.3 is 5.97 Å². The first-order valence-electron chi connectivity index (χ1n) is 13.6. The van der Waals surface area contributed by atoms with E-state index in [0.29, 0.717) is 12.8 Å². The normalized spacial score (nSPS) is 24.5. The summed E-state index contributed by atoms with van der Waals surface area (Å²) in [5.74, 6) is 1.02. The highest BCUT2D eigenvalue weighted by Gasteiger charge is 2.52. The zero-order valence-corrected chi connectivity index (χ0v) is 21.9. The van der Waals surface area contributed by atoms with Gasteiger partial charge in [-0.1, -0.05) is 76.5 Å². The molecule has 0 aromatic heterocycles. The molecule has 4 rings (SSSR count). The molecule has 1 aromatic carbocycles. The van der Waals surface area contributed by atoms with Crippen LogP contribution < -0.4 is 9.47 Å². The Hall–Kier alpha value is -2.05. The second kappa shape index (κ2) is 13.3. The van der Waals surface area contributed by atoms with Gasteiger partial charge in [-0.15, -0.1) is 0 Å². The minimum Gasteiger partial charge on any atom is -0.493 e. The number of methoxy groups -OCH3 is 1. The van der Waals surface area contributed by atoms with Crippen molar-refractivity contribution in [1.29, 1.82) is 0 Å². The summed E-state index contributed by atoms with van der Waals surface area (Å²) in [6.07, 6.45) is 16.9. The molecule has 1 spiro atoms. The van der Waals surface area contributed by atoms with Gasteiger partial charge in [0.05, 0.1) is 18.6 Å². The lowest BCUT2D eigenvalue weighted by Crippen LogP contribution is -2.42. The maximum Gasteiger partial charge on any atom is 0.303 e. The first-order valence-corrected chi connectivity index (χ1v) is 13.6. The van der Waals surface area contributed by atoms with E-state index in [0.717, 1.165) is 43.9 Å². The van der Waals surface area contributed by atoms with Gasteiger partial charge < -0.3 is 24.6 Å². The van der Waals surface area contributed by atoms with Crippen molar-refractivity contribution in [2.45, 2.75) is 108 Å². The number of hydrogen-bond donors (Lipinski definition) is 2. The highest BCUT2D eigenvalue weighted by molar-refractivity contribution is 5.66. The summed E-state index contributed by atoms with van der Waals surface area (Å²) < 4.78 is 11.8. The number of hydrogen-bond acceptors (Lipinski definition) is 5. The first kappa shape index (κ1) is 27.5. The SMILES string of the molecule is CCCCCCCCCCCC(=O)O.COc1ccc2c3c1O[C@H]1C[C@@H](O)C=C[C@@]31CCN(C)C2. The molecule has 6 heteroatoms. The predicted molar refractivity (Wildman–Crippen MR) is 139 cm³/mol. The Bertz CT molecular complexity index is 854. The molecule has 0 bridgehead atoms. The van der Waals surface area contributed by atoms with Gasteiger partial charge in [0.2, 0.25) is 0 Å². The molecule has 0 saturated heterocycles. The summed E-state index contributed by atoms with van der Waals surface area (Å²) in [5, 5.41) is 18.4. The topological polar surface area (TPSA) is 79.2 Å². The highest BCUT2D eigenvalue weighted by Crippen LogP contribution is 2.55. The number of carbonyl (C=O) groups is 1. The molecule has 0 fully saturated rings. The maximum atomic E-state index is 10.2. The van der Waals surface area contributed by atoms with E-state index in [4.69, 9.17) is 14.6 Å². The van der Waals surface area contributed by atoms with Crippen LogP contribution in [0.15, 0.2) is 24.3 Å². The summed E-state index contributed by atoms with van der Waals surface area (Å²) in [5.41, 5.74) is 2.48. The van der Waals surface area contributed by atoms with Gasteiger partial charge in [0.25, 0.3) is 0 Å². The fourth-order valence-corrected chi connectivity index (χ4v) is 5.66. The molecule has 3 aliphatic rings. The van der Waals surface area contributed by atoms with Gasteiger partial charge in [-0.05, 0) is 38.1 Å². The third-order valence-corrected chi connectivity index (χ3v) is 7.64. The third kappa shape index (κ3) is 7.01. The predicted octanol–water partition coefficient (Wildman–Crippen LogP) is 5.84. The molecule has 3 atom stereocenters. The molecule has 0 saturated carbocycles. The zero-order valence-electron chi connectivity index (χ0n) is 21.9. The Kier molecular flexibility index (Phi) is 10.5. The summed E-state index contributed by atoms with van der Waals surface area (Å²) in [7, 11) is 3.84. The van der Waals surface area contributed by atoms with Crippen molar-refractivity contribution < 1.29 is 24.5 Å². The number of benzene rings is 1. The molecule has 196 valence electrons. The standard InChI is InChI=1S/C17H21NO3.C12H24O2/c1-18-8-7-17-6-5-12(19)9-14(17)21-16-13(20-2)4-3-11(10-18)15(16)17;1-2-3-4-5-6-7-8-9-10-11-12(13)14/h3-6,12,14,19H,7-10H2,1-2H3;2-11H2,1H3,(H,13,14)/t12-,14-,17-;/m0./s1. The van der Waals surface area contributed by atoms with Crippen molar-refractivity contribution in [3.63, 3.8) is 0 Å². The van der Waals surface area contributed by atoms with Gasteiger partial charge in [0.15, 0.2) is 11.5 Å². The van der Waals surface area contributed by atoms with Crippen LogP contribution in [0.25, 0.3) is 0 Å². The van der Waals surface area contributed by atoms with Crippen LogP contribution >= 0.6 is 0 Å². The van der Waals surface area contributed by atoms with Crippen molar-refractivity contribution in [2.75, 3.05) is 20.7 Å². The molecule has 2 N–H and O–H groups in total. The van der Waals surface area contributed by atoms with Crippen molar-refractivity contribution in [3.8, 4) is 11.5 Å². The third-order valence-electron chi connectivity index (χ3n) is 7.64. The zero-order chi connectivity index (χ0) is 25.3. The van der Waals surface area contributed by atoms with Crippen molar-refractivity contribution in [3.05, 3.63) is 35.4 Å². The quantitative estimate of drug-likeness (QED) is 0.301. The van der Waals surface area contributed by atoms with Crippen LogP contribution in [0.4, 0.5) is 0 Å². The minimum absolute atomic E-state index is 0.00838. The summed E-state index contributed by atoms with van der Waals surface area (Å²) in [6.45, 7) is 4.18. The van der Waals surface area contributed by atoms with E-state index >= 15 is 0 Å². The fraction of sp³-hybridized carbons (Fsp3) is 0.690. The molecule has 1 aliphatic carbocycles. The molecule has 2 heterocycles.